The molecule has 1 fully saturated rings. The molecule has 1 aliphatic carbocycles. The Morgan fingerprint density at radius 1 is 1.06 bits per heavy atom. The number of nitrogens with one attached hydrogen (secondary N) is 1. The molecule has 2 aromatic carbocycles. The van der Waals surface area contributed by atoms with Gasteiger partial charge in [-0.1, -0.05) is 24.3 Å². The second kappa shape index (κ2) is 8.24. The van der Waals surface area contributed by atoms with E-state index < -0.39 is 5.97 Å². The van der Waals surface area contributed by atoms with Gasteiger partial charge in [-0.25, -0.2) is 4.79 Å². The number of fused-ring (bicyclic) bond motifs is 2. The van der Waals surface area contributed by atoms with Crippen molar-refractivity contribution < 1.29 is 14.3 Å². The Morgan fingerprint density at radius 2 is 1.69 bits per heavy atom. The molecule has 0 aliphatic heterocycles. The molecule has 0 radical (unpaired) electrons. The molecule has 1 saturated carbocycles. The number of esters is 1. The molecule has 0 spiro atoms. The fourth-order valence-electron chi connectivity index (χ4n) is 4.13. The third kappa shape index (κ3) is 3.58. The van der Waals surface area contributed by atoms with E-state index in [4.69, 9.17) is 4.74 Å². The Morgan fingerprint density at radius 3 is 2.28 bits per heavy atom. The third-order valence-corrected chi connectivity index (χ3v) is 6.66. The van der Waals surface area contributed by atoms with Gasteiger partial charge >= 0.3 is 5.97 Å². The summed E-state index contributed by atoms with van der Waals surface area (Å²) in [4.78, 5) is 38.6. The van der Waals surface area contributed by atoms with E-state index in [1.165, 1.54) is 11.3 Å². The highest BCUT2D eigenvalue weighted by molar-refractivity contribution is 7.15. The molecule has 5 rings (SSSR count). The molecular weight excluding hydrogens is 424 g/mol. The van der Waals surface area contributed by atoms with Gasteiger partial charge in [0.1, 0.15) is 11.5 Å². The molecule has 1 amide bonds. The smallest absolute Gasteiger partial charge is 0.341 e. The summed E-state index contributed by atoms with van der Waals surface area (Å²) in [6, 6.07) is 14.6. The summed E-state index contributed by atoms with van der Waals surface area (Å²) >= 11 is 1.36. The van der Waals surface area contributed by atoms with Crippen molar-refractivity contribution in [3.63, 3.8) is 0 Å². The van der Waals surface area contributed by atoms with Crippen molar-refractivity contribution in [2.24, 2.45) is 0 Å². The number of carbonyl (C=O) groups is 2. The Balaban J connectivity index is 1.52. The second-order valence-corrected chi connectivity index (χ2v) is 8.77. The average molecular weight is 447 g/mol. The molecule has 32 heavy (non-hydrogen) atoms. The zero-order valence-electron chi connectivity index (χ0n) is 17.6. The molecule has 2 heterocycles. The fraction of sp³-hybridized carbons (Fsp3) is 0.240. The number of anilines is 1. The van der Waals surface area contributed by atoms with Crippen LogP contribution in [0.25, 0.3) is 21.8 Å². The number of amides is 1. The van der Waals surface area contributed by atoms with Crippen LogP contribution in [0.3, 0.4) is 0 Å². The lowest BCUT2D eigenvalue weighted by atomic mass is 10.1. The molecule has 6 nitrogen and oxygen atoms in total. The maximum atomic E-state index is 13.1. The highest BCUT2D eigenvalue weighted by atomic mass is 32.1. The van der Waals surface area contributed by atoms with Gasteiger partial charge in [-0.15, -0.1) is 11.3 Å². The van der Waals surface area contributed by atoms with Crippen molar-refractivity contribution in [3.8, 4) is 0 Å². The van der Waals surface area contributed by atoms with Gasteiger partial charge < -0.3 is 14.6 Å². The molecule has 1 aliphatic rings. The average Bonchev–Trinajstić information content (AvgIpc) is 3.57. The minimum absolute atomic E-state index is 0.0141. The quantitative estimate of drug-likeness (QED) is 0.337. The molecule has 0 saturated heterocycles. The predicted molar refractivity (Wildman–Crippen MR) is 127 cm³/mol. The van der Waals surface area contributed by atoms with Crippen molar-refractivity contribution in [3.05, 3.63) is 75.3 Å². The number of aromatic nitrogens is 1. The Hall–Kier alpha value is -3.45. The lowest BCUT2D eigenvalue weighted by Crippen LogP contribution is -2.22. The van der Waals surface area contributed by atoms with E-state index in [0.29, 0.717) is 38.3 Å². The summed E-state index contributed by atoms with van der Waals surface area (Å²) in [6.07, 6.45) is 2.10. The summed E-state index contributed by atoms with van der Waals surface area (Å²) < 4.78 is 7.10. The van der Waals surface area contributed by atoms with E-state index in [-0.39, 0.29) is 24.5 Å². The summed E-state index contributed by atoms with van der Waals surface area (Å²) in [5.74, 6) is -0.299. The lowest BCUT2D eigenvalue weighted by Gasteiger charge is -2.15. The van der Waals surface area contributed by atoms with E-state index in [2.05, 4.69) is 5.32 Å². The molecule has 162 valence electrons. The van der Waals surface area contributed by atoms with E-state index >= 15 is 0 Å². The second-order valence-electron chi connectivity index (χ2n) is 7.89. The lowest BCUT2D eigenvalue weighted by molar-refractivity contribution is -0.116. The van der Waals surface area contributed by atoms with Gasteiger partial charge in [-0.3, -0.25) is 9.59 Å². The monoisotopic (exact) mass is 446 g/mol. The van der Waals surface area contributed by atoms with Gasteiger partial charge in [0.15, 0.2) is 5.43 Å². The molecule has 0 unspecified atom stereocenters. The molecule has 0 atom stereocenters. The number of carbonyl (C=O) groups excluding carboxylic acids is 2. The van der Waals surface area contributed by atoms with Gasteiger partial charge in [0, 0.05) is 10.8 Å². The number of rotatable bonds is 6. The summed E-state index contributed by atoms with van der Waals surface area (Å²) in [5.41, 5.74) is 2.78. The maximum Gasteiger partial charge on any atom is 0.341 e. The Labute approximate surface area is 188 Å². The van der Waals surface area contributed by atoms with Gasteiger partial charge in [0.05, 0.1) is 23.2 Å². The highest BCUT2D eigenvalue weighted by Gasteiger charge is 2.32. The first-order valence-corrected chi connectivity index (χ1v) is 11.5. The number of ether oxygens (including phenoxy) is 1. The van der Waals surface area contributed by atoms with E-state index in [1.807, 2.05) is 46.3 Å². The highest BCUT2D eigenvalue weighted by Crippen LogP contribution is 2.46. The molecule has 2 aromatic heterocycles. The minimum Gasteiger partial charge on any atom is -0.462 e. The van der Waals surface area contributed by atoms with Crippen molar-refractivity contribution in [2.45, 2.75) is 32.2 Å². The molecule has 4 aromatic rings. The van der Waals surface area contributed by atoms with E-state index in [1.54, 1.807) is 19.1 Å². The number of pyridine rings is 1. The van der Waals surface area contributed by atoms with Gasteiger partial charge in [0.2, 0.25) is 5.91 Å². The van der Waals surface area contributed by atoms with Crippen molar-refractivity contribution in [2.75, 3.05) is 11.9 Å². The van der Waals surface area contributed by atoms with Crippen LogP contribution in [0.2, 0.25) is 0 Å². The number of para-hydroxylation sites is 2. The summed E-state index contributed by atoms with van der Waals surface area (Å²) in [7, 11) is 0. The van der Waals surface area contributed by atoms with Crippen molar-refractivity contribution in [1.82, 2.24) is 4.57 Å². The minimum atomic E-state index is -0.398. The molecule has 1 N–H and O–H groups in total. The summed E-state index contributed by atoms with van der Waals surface area (Å²) in [5, 5.41) is 6.53. The fourth-order valence-corrected chi connectivity index (χ4v) is 5.18. The number of hydrogen-bond donors (Lipinski definition) is 1. The molecule has 7 heteroatoms. The van der Waals surface area contributed by atoms with E-state index in [9.17, 15) is 14.4 Å². The van der Waals surface area contributed by atoms with Gasteiger partial charge in [0.25, 0.3) is 0 Å². The van der Waals surface area contributed by atoms with Gasteiger partial charge in [-0.2, -0.15) is 0 Å². The van der Waals surface area contributed by atoms with Crippen LogP contribution in [0.5, 0.6) is 0 Å². The van der Waals surface area contributed by atoms with Gasteiger partial charge in [-0.05, 0) is 60.9 Å². The first-order chi connectivity index (χ1) is 15.6. The van der Waals surface area contributed by atoms with E-state index in [0.717, 1.165) is 18.4 Å². The van der Waals surface area contributed by atoms with Crippen LogP contribution in [0, 0.1) is 0 Å². The largest absolute Gasteiger partial charge is 0.462 e. The van der Waals surface area contributed by atoms with Crippen LogP contribution in [-0.2, 0) is 16.1 Å². The standard InChI is InChI=1S/C25H22N2O4S/c1-2-31-25(30)22-18(15-11-12-15)14-32-24(22)26-21(28)13-27-19-9-5-3-7-16(19)23(29)17-8-4-6-10-20(17)27/h3-10,14-15H,2,11-13H2,1H3,(H,26,28). The van der Waals surface area contributed by atoms with Crippen LogP contribution < -0.4 is 10.7 Å². The topological polar surface area (TPSA) is 77.4 Å². The van der Waals surface area contributed by atoms with Crippen LogP contribution in [-0.4, -0.2) is 23.1 Å². The van der Waals surface area contributed by atoms with Crippen LogP contribution in [0.1, 0.15) is 41.6 Å². The zero-order chi connectivity index (χ0) is 22.2. The Bertz CT molecular complexity index is 1350. The first-order valence-electron chi connectivity index (χ1n) is 10.7. The Kier molecular flexibility index (Phi) is 5.27. The zero-order valence-corrected chi connectivity index (χ0v) is 18.4. The number of thiophene rings is 1. The molecule has 0 bridgehead atoms. The number of hydrogen-bond acceptors (Lipinski definition) is 5. The number of nitrogens with zero attached hydrogens (tertiary/aromatic N) is 1. The number of benzene rings is 2. The van der Waals surface area contributed by atoms with Crippen LogP contribution in [0.4, 0.5) is 5.00 Å². The summed E-state index contributed by atoms with van der Waals surface area (Å²) in [6.45, 7) is 2.06. The predicted octanol–water partition coefficient (Wildman–Crippen LogP) is 4.91. The van der Waals surface area contributed by atoms with Crippen LogP contribution in [0.15, 0.2) is 58.7 Å². The van der Waals surface area contributed by atoms with Crippen molar-refractivity contribution >= 4 is 50.0 Å². The maximum absolute atomic E-state index is 13.1. The third-order valence-electron chi connectivity index (χ3n) is 5.75. The SMILES string of the molecule is CCOC(=O)c1c(C2CC2)csc1NC(=O)Cn1c2ccccc2c(=O)c2ccccc21. The molecular formula is C25H22N2O4S. The first kappa shape index (κ1) is 20.5. The van der Waals surface area contributed by atoms with Crippen molar-refractivity contribution in [1.29, 1.82) is 0 Å². The van der Waals surface area contributed by atoms with Crippen LogP contribution >= 0.6 is 11.3 Å². The normalized spacial score (nSPS) is 13.4.